The molecule has 0 aliphatic heterocycles. The number of nitrogens with zero attached hydrogens (tertiary/aromatic N) is 1. The monoisotopic (exact) mass is 267 g/mol. The average Bonchev–Trinajstić information content (AvgIpc) is 2.80. The number of benzene rings is 2. The molecule has 102 valence electrons. The molecule has 0 spiro atoms. The van der Waals surface area contributed by atoms with Crippen molar-refractivity contribution in [3.8, 4) is 0 Å². The van der Waals surface area contributed by atoms with Gasteiger partial charge in [-0.3, -0.25) is 0 Å². The van der Waals surface area contributed by atoms with E-state index in [1.165, 1.54) is 5.56 Å². The lowest BCUT2D eigenvalue weighted by Crippen LogP contribution is -2.18. The molecule has 1 aromatic heterocycles. The van der Waals surface area contributed by atoms with E-state index in [-0.39, 0.29) is 6.04 Å². The van der Waals surface area contributed by atoms with Gasteiger partial charge in [0.05, 0.1) is 0 Å². The molecule has 3 aromatic rings. The lowest BCUT2D eigenvalue weighted by atomic mass is 10.1. The van der Waals surface area contributed by atoms with Gasteiger partial charge < -0.3 is 15.5 Å². The first-order chi connectivity index (χ1) is 9.70. The molecule has 0 fully saturated rings. The molecular weight excluding hydrogens is 250 g/mol. The maximum atomic E-state index is 5.73. The van der Waals surface area contributed by atoms with Crippen molar-refractivity contribution in [2.45, 2.75) is 19.4 Å². The summed E-state index contributed by atoms with van der Waals surface area (Å²) in [6, 6.07) is 16.6. The summed E-state index contributed by atoms with van der Waals surface area (Å²) in [5.41, 5.74) is 9.23. The molecule has 2 aromatic carbocycles. The number of rotatable bonds is 4. The Balaban J connectivity index is 1.72. The first kappa shape index (κ1) is 12.5. The van der Waals surface area contributed by atoms with Crippen LogP contribution >= 0.6 is 0 Å². The Bertz CT molecular complexity index is 706. The smallest absolute Gasteiger partial charge is 0.295 e. The van der Waals surface area contributed by atoms with Crippen LogP contribution < -0.4 is 11.1 Å². The van der Waals surface area contributed by atoms with Crippen molar-refractivity contribution in [1.82, 2.24) is 4.98 Å². The highest BCUT2D eigenvalue weighted by molar-refractivity contribution is 5.78. The Labute approximate surface area is 117 Å². The van der Waals surface area contributed by atoms with Crippen LogP contribution in [0.15, 0.2) is 52.9 Å². The van der Waals surface area contributed by atoms with Gasteiger partial charge in [-0.25, -0.2) is 0 Å². The molecule has 0 aliphatic rings. The van der Waals surface area contributed by atoms with Crippen molar-refractivity contribution in [2.24, 2.45) is 0 Å². The molecule has 1 heterocycles. The fourth-order valence-electron chi connectivity index (χ4n) is 2.24. The lowest BCUT2D eigenvalue weighted by molar-refractivity contribution is 0.599. The predicted molar refractivity (Wildman–Crippen MR) is 81.7 cm³/mol. The van der Waals surface area contributed by atoms with Gasteiger partial charge in [-0.1, -0.05) is 30.3 Å². The number of hydrogen-bond donors (Lipinski definition) is 2. The van der Waals surface area contributed by atoms with Gasteiger partial charge in [-0.15, -0.1) is 0 Å². The number of nitrogen functional groups attached to an aromatic ring is 1. The second kappa shape index (κ2) is 5.25. The quantitative estimate of drug-likeness (QED) is 0.711. The Morgan fingerprint density at radius 1 is 1.20 bits per heavy atom. The number of oxazole rings is 1. The molecule has 0 saturated carbocycles. The van der Waals surface area contributed by atoms with E-state index in [1.54, 1.807) is 0 Å². The number of anilines is 2. The normalized spacial score (nSPS) is 12.4. The number of nitrogens with two attached hydrogens (primary N) is 1. The van der Waals surface area contributed by atoms with E-state index in [0.29, 0.717) is 11.7 Å². The minimum absolute atomic E-state index is 0.239. The van der Waals surface area contributed by atoms with Crippen molar-refractivity contribution in [3.05, 3.63) is 54.1 Å². The third-order valence-corrected chi connectivity index (χ3v) is 3.17. The molecule has 3 rings (SSSR count). The average molecular weight is 267 g/mol. The summed E-state index contributed by atoms with van der Waals surface area (Å²) in [6.07, 6.45) is 0.918. The van der Waals surface area contributed by atoms with Crippen molar-refractivity contribution in [3.63, 3.8) is 0 Å². The van der Waals surface area contributed by atoms with E-state index in [9.17, 15) is 0 Å². The first-order valence-electron chi connectivity index (χ1n) is 6.67. The molecule has 1 atom stereocenters. The largest absolute Gasteiger partial charge is 0.424 e. The van der Waals surface area contributed by atoms with Crippen LogP contribution in [0.2, 0.25) is 0 Å². The number of hydrogen-bond acceptors (Lipinski definition) is 4. The van der Waals surface area contributed by atoms with Crippen LogP contribution in [0.5, 0.6) is 0 Å². The summed E-state index contributed by atoms with van der Waals surface area (Å²) < 4.78 is 5.65. The van der Waals surface area contributed by atoms with Crippen LogP contribution in [0, 0.1) is 0 Å². The van der Waals surface area contributed by atoms with E-state index in [4.69, 9.17) is 10.2 Å². The van der Waals surface area contributed by atoms with E-state index in [0.717, 1.165) is 17.5 Å². The topological polar surface area (TPSA) is 64.1 Å². The van der Waals surface area contributed by atoms with Crippen LogP contribution in [-0.2, 0) is 6.42 Å². The van der Waals surface area contributed by atoms with Crippen molar-refractivity contribution in [2.75, 3.05) is 11.1 Å². The Morgan fingerprint density at radius 3 is 2.80 bits per heavy atom. The maximum Gasteiger partial charge on any atom is 0.295 e. The van der Waals surface area contributed by atoms with Crippen LogP contribution in [0.3, 0.4) is 0 Å². The predicted octanol–water partition coefficient (Wildman–Crippen LogP) is 3.45. The van der Waals surface area contributed by atoms with E-state index in [1.807, 2.05) is 36.4 Å². The minimum atomic E-state index is 0.239. The third-order valence-electron chi connectivity index (χ3n) is 3.17. The van der Waals surface area contributed by atoms with Gasteiger partial charge in [-0.2, -0.15) is 4.98 Å². The number of fused-ring (bicyclic) bond motifs is 1. The Kier molecular flexibility index (Phi) is 3.29. The summed E-state index contributed by atoms with van der Waals surface area (Å²) in [6.45, 7) is 2.11. The molecule has 3 N–H and O–H groups in total. The fraction of sp³-hybridized carbons (Fsp3) is 0.188. The number of nitrogens with one attached hydrogen (secondary N) is 1. The van der Waals surface area contributed by atoms with Crippen molar-refractivity contribution >= 4 is 22.8 Å². The van der Waals surface area contributed by atoms with Crippen LogP contribution in [0.1, 0.15) is 12.5 Å². The second-order valence-electron chi connectivity index (χ2n) is 4.98. The van der Waals surface area contributed by atoms with E-state index < -0.39 is 0 Å². The molecular formula is C16H17N3O. The molecule has 4 heteroatoms. The van der Waals surface area contributed by atoms with Crippen molar-refractivity contribution < 1.29 is 4.42 Å². The molecule has 0 radical (unpaired) electrons. The zero-order valence-electron chi connectivity index (χ0n) is 11.3. The second-order valence-corrected chi connectivity index (χ2v) is 4.98. The molecule has 0 aliphatic carbocycles. The van der Waals surface area contributed by atoms with Gasteiger partial charge in [0.25, 0.3) is 6.01 Å². The standard InChI is InChI=1S/C16H17N3O/c1-11(9-12-5-3-2-4-6-12)18-16-19-14-10-13(17)7-8-15(14)20-16/h2-8,10-11H,9,17H2,1H3,(H,18,19). The molecule has 20 heavy (non-hydrogen) atoms. The summed E-state index contributed by atoms with van der Waals surface area (Å²) in [5.74, 6) is 0. The molecule has 0 saturated heterocycles. The first-order valence-corrected chi connectivity index (χ1v) is 6.67. The highest BCUT2D eigenvalue weighted by Crippen LogP contribution is 2.21. The molecule has 0 amide bonds. The molecule has 4 nitrogen and oxygen atoms in total. The summed E-state index contributed by atoms with van der Waals surface area (Å²) in [5, 5.41) is 3.28. The van der Waals surface area contributed by atoms with Crippen LogP contribution in [0.4, 0.5) is 11.7 Å². The van der Waals surface area contributed by atoms with E-state index in [2.05, 4.69) is 29.4 Å². The minimum Gasteiger partial charge on any atom is -0.424 e. The summed E-state index contributed by atoms with van der Waals surface area (Å²) in [4.78, 5) is 4.40. The Hall–Kier alpha value is -2.49. The van der Waals surface area contributed by atoms with Crippen LogP contribution in [0.25, 0.3) is 11.1 Å². The Morgan fingerprint density at radius 2 is 2.00 bits per heavy atom. The highest BCUT2D eigenvalue weighted by atomic mass is 16.4. The van der Waals surface area contributed by atoms with Gasteiger partial charge in [0.2, 0.25) is 0 Å². The fourth-order valence-corrected chi connectivity index (χ4v) is 2.24. The molecule has 1 unspecified atom stereocenters. The van der Waals surface area contributed by atoms with Gasteiger partial charge >= 0.3 is 0 Å². The van der Waals surface area contributed by atoms with Crippen molar-refractivity contribution in [1.29, 1.82) is 0 Å². The number of aromatic nitrogens is 1. The maximum absolute atomic E-state index is 5.73. The van der Waals surface area contributed by atoms with E-state index >= 15 is 0 Å². The lowest BCUT2D eigenvalue weighted by Gasteiger charge is -2.11. The highest BCUT2D eigenvalue weighted by Gasteiger charge is 2.09. The van der Waals surface area contributed by atoms with Crippen LogP contribution in [-0.4, -0.2) is 11.0 Å². The summed E-state index contributed by atoms with van der Waals surface area (Å²) in [7, 11) is 0. The van der Waals surface area contributed by atoms with Gasteiger partial charge in [0, 0.05) is 11.7 Å². The van der Waals surface area contributed by atoms with Gasteiger partial charge in [0.15, 0.2) is 5.58 Å². The zero-order valence-corrected chi connectivity index (χ0v) is 11.3. The molecule has 0 bridgehead atoms. The SMILES string of the molecule is CC(Cc1ccccc1)Nc1nc2cc(N)ccc2o1. The van der Waals surface area contributed by atoms with Gasteiger partial charge in [-0.05, 0) is 37.1 Å². The van der Waals surface area contributed by atoms with Gasteiger partial charge in [0.1, 0.15) is 5.52 Å². The summed E-state index contributed by atoms with van der Waals surface area (Å²) >= 11 is 0. The third kappa shape index (κ3) is 2.74. The zero-order chi connectivity index (χ0) is 13.9.